The number of aromatic nitrogens is 2. The molecule has 156 valence electrons. The van der Waals surface area contributed by atoms with Gasteiger partial charge in [0.15, 0.2) is 0 Å². The first-order chi connectivity index (χ1) is 14.1. The number of carbonyl (C=O) groups is 2. The van der Waals surface area contributed by atoms with Crippen LogP contribution in [0.1, 0.15) is 44.9 Å². The Hall–Kier alpha value is -2.18. The van der Waals surface area contributed by atoms with E-state index in [2.05, 4.69) is 20.2 Å². The Bertz CT molecular complexity index is 764. The van der Waals surface area contributed by atoms with E-state index in [4.69, 9.17) is 0 Å². The van der Waals surface area contributed by atoms with E-state index < -0.39 is 5.41 Å². The highest BCUT2D eigenvalue weighted by atomic mass is 16.2. The lowest BCUT2D eigenvalue weighted by Gasteiger charge is -2.32. The minimum atomic E-state index is -0.456. The van der Waals surface area contributed by atoms with Crippen molar-refractivity contribution in [1.82, 2.24) is 20.2 Å². The van der Waals surface area contributed by atoms with Crippen LogP contribution in [-0.2, 0) is 9.59 Å². The molecular formula is C22H31N5O2. The normalized spacial score (nSPS) is 29.3. The molecule has 0 aromatic carbocycles. The topological polar surface area (TPSA) is 78.4 Å². The molecule has 0 radical (unpaired) electrons. The molecule has 0 spiro atoms. The molecule has 2 saturated carbocycles. The maximum absolute atomic E-state index is 13.4. The average molecular weight is 398 g/mol. The summed E-state index contributed by atoms with van der Waals surface area (Å²) in [6, 6.07) is 1.81. The van der Waals surface area contributed by atoms with Crippen LogP contribution in [0.5, 0.6) is 0 Å². The summed E-state index contributed by atoms with van der Waals surface area (Å²) < 4.78 is 0. The maximum atomic E-state index is 13.4. The molecule has 2 atom stereocenters. The van der Waals surface area contributed by atoms with E-state index in [0.717, 1.165) is 32.5 Å². The molecule has 2 aliphatic carbocycles. The minimum absolute atomic E-state index is 0.121. The molecule has 1 aromatic heterocycles. The smallest absolute Gasteiger partial charge is 0.228 e. The van der Waals surface area contributed by atoms with Gasteiger partial charge >= 0.3 is 0 Å². The van der Waals surface area contributed by atoms with Crippen LogP contribution in [0.4, 0.5) is 5.95 Å². The van der Waals surface area contributed by atoms with E-state index >= 15 is 0 Å². The van der Waals surface area contributed by atoms with Gasteiger partial charge in [-0.1, -0.05) is 0 Å². The number of hydrogen-bond acceptors (Lipinski definition) is 5. The van der Waals surface area contributed by atoms with Crippen molar-refractivity contribution in [3.8, 4) is 0 Å². The minimum Gasteiger partial charge on any atom is -0.355 e. The Morgan fingerprint density at radius 3 is 2.59 bits per heavy atom. The first-order valence-electron chi connectivity index (χ1n) is 11.2. The van der Waals surface area contributed by atoms with Crippen LogP contribution in [-0.4, -0.2) is 59.4 Å². The number of carbonyl (C=O) groups excluding carboxylic acids is 2. The van der Waals surface area contributed by atoms with Gasteiger partial charge in [-0.25, -0.2) is 9.97 Å². The van der Waals surface area contributed by atoms with E-state index in [0.29, 0.717) is 37.3 Å². The number of nitrogens with one attached hydrogen (secondary N) is 1. The average Bonchev–Trinajstić information content (AvgIpc) is 3.65. The fourth-order valence-corrected chi connectivity index (χ4v) is 5.07. The standard InChI is InChI=1S/C22H31N5O2/c28-19(11-16-3-4-16)26-10-1-7-22(20(29)25-12-17-5-6-17)15-27(14-18(22)13-26)21-23-8-2-9-24-21/h2,8-9,16-18H,1,3-7,10-15H2,(H,25,29)/t18-,22-/m1/s1. The van der Waals surface area contributed by atoms with Crippen LogP contribution >= 0.6 is 0 Å². The highest BCUT2D eigenvalue weighted by Crippen LogP contribution is 2.44. The Kier molecular flexibility index (Phi) is 4.92. The quantitative estimate of drug-likeness (QED) is 0.793. The lowest BCUT2D eigenvalue weighted by Crippen LogP contribution is -2.48. The Morgan fingerprint density at radius 1 is 1.10 bits per heavy atom. The largest absolute Gasteiger partial charge is 0.355 e. The molecule has 4 fully saturated rings. The van der Waals surface area contributed by atoms with Crippen molar-refractivity contribution >= 4 is 17.8 Å². The van der Waals surface area contributed by atoms with Gasteiger partial charge in [0.1, 0.15) is 0 Å². The third-order valence-electron chi connectivity index (χ3n) is 7.24. The summed E-state index contributed by atoms with van der Waals surface area (Å²) in [5, 5.41) is 3.25. The van der Waals surface area contributed by atoms with Crippen molar-refractivity contribution in [2.45, 2.75) is 44.9 Å². The summed E-state index contributed by atoms with van der Waals surface area (Å²) in [5.41, 5.74) is -0.456. The summed E-state index contributed by atoms with van der Waals surface area (Å²) in [6.07, 6.45) is 10.7. The van der Waals surface area contributed by atoms with Crippen molar-refractivity contribution in [3.05, 3.63) is 18.5 Å². The van der Waals surface area contributed by atoms with Crippen molar-refractivity contribution < 1.29 is 9.59 Å². The van der Waals surface area contributed by atoms with Gasteiger partial charge in [0.05, 0.1) is 5.41 Å². The highest BCUT2D eigenvalue weighted by molar-refractivity contribution is 5.85. The summed E-state index contributed by atoms with van der Waals surface area (Å²) in [5.74, 6) is 2.50. The van der Waals surface area contributed by atoms with Crippen LogP contribution < -0.4 is 10.2 Å². The fraction of sp³-hybridized carbons (Fsp3) is 0.727. The van der Waals surface area contributed by atoms with E-state index in [1.165, 1.54) is 25.7 Å². The third-order valence-corrected chi connectivity index (χ3v) is 7.24. The first-order valence-corrected chi connectivity index (χ1v) is 11.2. The monoisotopic (exact) mass is 397 g/mol. The Morgan fingerprint density at radius 2 is 1.86 bits per heavy atom. The van der Waals surface area contributed by atoms with Gasteiger partial charge in [-0.05, 0) is 56.4 Å². The highest BCUT2D eigenvalue weighted by Gasteiger charge is 2.54. The van der Waals surface area contributed by atoms with E-state index in [-0.39, 0.29) is 17.7 Å². The summed E-state index contributed by atoms with van der Waals surface area (Å²) >= 11 is 0. The van der Waals surface area contributed by atoms with Gasteiger partial charge in [0, 0.05) is 57.5 Å². The van der Waals surface area contributed by atoms with E-state index in [9.17, 15) is 9.59 Å². The molecule has 4 aliphatic rings. The number of fused-ring (bicyclic) bond motifs is 1. The number of likely N-dealkylation sites (tertiary alicyclic amines) is 1. The van der Waals surface area contributed by atoms with Crippen LogP contribution in [0.3, 0.4) is 0 Å². The van der Waals surface area contributed by atoms with Gasteiger partial charge in [0.2, 0.25) is 17.8 Å². The molecule has 0 unspecified atom stereocenters. The second-order valence-corrected chi connectivity index (χ2v) is 9.53. The van der Waals surface area contributed by atoms with Gasteiger partial charge < -0.3 is 15.1 Å². The van der Waals surface area contributed by atoms with E-state index in [1.807, 2.05) is 11.0 Å². The van der Waals surface area contributed by atoms with Gasteiger partial charge in [-0.3, -0.25) is 9.59 Å². The summed E-state index contributed by atoms with van der Waals surface area (Å²) in [7, 11) is 0. The summed E-state index contributed by atoms with van der Waals surface area (Å²) in [6.45, 7) is 3.61. The van der Waals surface area contributed by atoms with Gasteiger partial charge in [-0.15, -0.1) is 0 Å². The molecule has 0 bridgehead atoms. The second-order valence-electron chi connectivity index (χ2n) is 9.53. The fourth-order valence-electron chi connectivity index (χ4n) is 5.07. The molecule has 2 saturated heterocycles. The van der Waals surface area contributed by atoms with Gasteiger partial charge in [0.25, 0.3) is 0 Å². The van der Waals surface area contributed by atoms with Crippen molar-refractivity contribution in [1.29, 1.82) is 0 Å². The maximum Gasteiger partial charge on any atom is 0.228 e. The predicted molar refractivity (Wildman–Crippen MR) is 109 cm³/mol. The molecule has 3 heterocycles. The van der Waals surface area contributed by atoms with Crippen LogP contribution in [0, 0.1) is 23.2 Å². The van der Waals surface area contributed by atoms with Gasteiger partial charge in [-0.2, -0.15) is 0 Å². The Labute approximate surface area is 172 Å². The molecule has 1 N–H and O–H groups in total. The third kappa shape index (κ3) is 3.96. The first kappa shape index (κ1) is 18.8. The second kappa shape index (κ2) is 7.58. The molecule has 7 nitrogen and oxygen atoms in total. The lowest BCUT2D eigenvalue weighted by molar-refractivity contribution is -0.135. The van der Waals surface area contributed by atoms with Crippen molar-refractivity contribution in [2.24, 2.45) is 23.2 Å². The zero-order valence-electron chi connectivity index (χ0n) is 17.1. The molecule has 1 aromatic rings. The van der Waals surface area contributed by atoms with Crippen molar-refractivity contribution in [3.63, 3.8) is 0 Å². The number of hydrogen-bond donors (Lipinski definition) is 1. The predicted octanol–water partition coefficient (Wildman–Crippen LogP) is 1.85. The van der Waals surface area contributed by atoms with Crippen LogP contribution in [0.2, 0.25) is 0 Å². The SMILES string of the molecule is O=C(CC1CC1)N1CCC[C@@]2(C(=O)NCC3CC3)CN(c3ncccn3)C[C@H]2C1. The number of amides is 2. The van der Waals surface area contributed by atoms with Crippen LogP contribution in [0.25, 0.3) is 0 Å². The van der Waals surface area contributed by atoms with Crippen molar-refractivity contribution in [2.75, 3.05) is 37.6 Å². The molecule has 5 rings (SSSR count). The zero-order chi connectivity index (χ0) is 19.8. The lowest BCUT2D eigenvalue weighted by atomic mass is 9.74. The molecule has 2 amide bonds. The zero-order valence-corrected chi connectivity index (χ0v) is 17.1. The molecular weight excluding hydrogens is 366 g/mol. The Balaban J connectivity index is 1.36. The molecule has 29 heavy (non-hydrogen) atoms. The summed E-state index contributed by atoms with van der Waals surface area (Å²) in [4.78, 5) is 39.3. The number of anilines is 1. The molecule has 2 aliphatic heterocycles. The number of rotatable bonds is 6. The van der Waals surface area contributed by atoms with E-state index in [1.54, 1.807) is 12.4 Å². The number of nitrogens with zero attached hydrogens (tertiary/aromatic N) is 4. The molecule has 7 heteroatoms. The van der Waals surface area contributed by atoms with Crippen LogP contribution in [0.15, 0.2) is 18.5 Å².